The van der Waals surface area contributed by atoms with Crippen LogP contribution >= 0.6 is 0 Å². The van der Waals surface area contributed by atoms with Crippen LogP contribution in [-0.4, -0.2) is 5.11 Å². The molecule has 1 nitrogen and oxygen atoms in total. The van der Waals surface area contributed by atoms with Gasteiger partial charge in [0, 0.05) is 5.41 Å². The van der Waals surface area contributed by atoms with Gasteiger partial charge < -0.3 is 5.11 Å². The molecule has 0 bridgehead atoms. The molecule has 0 radical (unpaired) electrons. The highest BCUT2D eigenvalue weighted by Crippen LogP contribution is 2.58. The standard InChI is InChI=1S/C14H20O/c1-2-3-9-14(10-11-14)13(15)12-7-5-4-6-8-12/h4-8,13,15H,2-3,9-11H2,1H3. The van der Waals surface area contributed by atoms with Crippen molar-refractivity contribution >= 4 is 0 Å². The van der Waals surface area contributed by atoms with E-state index >= 15 is 0 Å². The number of aliphatic hydroxyl groups is 1. The fourth-order valence-corrected chi connectivity index (χ4v) is 2.34. The van der Waals surface area contributed by atoms with Gasteiger partial charge in [-0.25, -0.2) is 0 Å². The highest BCUT2D eigenvalue weighted by Gasteiger charge is 2.48. The molecule has 0 heterocycles. The molecule has 1 aliphatic carbocycles. The van der Waals surface area contributed by atoms with Gasteiger partial charge in [0.1, 0.15) is 0 Å². The van der Waals surface area contributed by atoms with Crippen LogP contribution in [0.15, 0.2) is 30.3 Å². The van der Waals surface area contributed by atoms with Crippen LogP contribution in [0.2, 0.25) is 0 Å². The Kier molecular flexibility index (Phi) is 3.11. The zero-order valence-corrected chi connectivity index (χ0v) is 9.45. The zero-order chi connectivity index (χ0) is 10.7. The maximum atomic E-state index is 10.3. The van der Waals surface area contributed by atoms with E-state index in [1.54, 1.807) is 0 Å². The van der Waals surface area contributed by atoms with Gasteiger partial charge >= 0.3 is 0 Å². The summed E-state index contributed by atoms with van der Waals surface area (Å²) in [6.07, 6.45) is 5.80. The zero-order valence-electron chi connectivity index (χ0n) is 9.45. The van der Waals surface area contributed by atoms with Crippen molar-refractivity contribution in [1.29, 1.82) is 0 Å². The van der Waals surface area contributed by atoms with E-state index in [0.29, 0.717) is 0 Å². The van der Waals surface area contributed by atoms with Gasteiger partial charge in [0.15, 0.2) is 0 Å². The molecule has 0 spiro atoms. The third-order valence-corrected chi connectivity index (χ3v) is 3.62. The highest BCUT2D eigenvalue weighted by atomic mass is 16.3. The average molecular weight is 204 g/mol. The van der Waals surface area contributed by atoms with E-state index in [1.807, 2.05) is 30.3 Å². The highest BCUT2D eigenvalue weighted by molar-refractivity contribution is 5.21. The van der Waals surface area contributed by atoms with Gasteiger partial charge in [0.25, 0.3) is 0 Å². The molecule has 0 saturated heterocycles. The number of hydrogen-bond donors (Lipinski definition) is 1. The summed E-state index contributed by atoms with van der Waals surface area (Å²) in [4.78, 5) is 0. The van der Waals surface area contributed by atoms with Crippen molar-refractivity contribution in [2.45, 2.75) is 45.1 Å². The van der Waals surface area contributed by atoms with Gasteiger partial charge in [-0.05, 0) is 24.8 Å². The lowest BCUT2D eigenvalue weighted by atomic mass is 9.88. The molecule has 1 heteroatoms. The number of unbranched alkanes of at least 4 members (excludes halogenated alkanes) is 1. The van der Waals surface area contributed by atoms with E-state index in [1.165, 1.54) is 32.1 Å². The van der Waals surface area contributed by atoms with Gasteiger partial charge in [0.05, 0.1) is 6.10 Å². The molecule has 1 atom stereocenters. The molecule has 15 heavy (non-hydrogen) atoms. The SMILES string of the molecule is CCCCC1(C(O)c2ccccc2)CC1. The first-order chi connectivity index (χ1) is 7.28. The van der Waals surface area contributed by atoms with Crippen LogP contribution < -0.4 is 0 Å². The smallest absolute Gasteiger partial charge is 0.0846 e. The summed E-state index contributed by atoms with van der Waals surface area (Å²) in [6.45, 7) is 2.21. The van der Waals surface area contributed by atoms with Gasteiger partial charge in [-0.15, -0.1) is 0 Å². The van der Waals surface area contributed by atoms with Crippen LogP contribution in [0.25, 0.3) is 0 Å². The number of benzene rings is 1. The maximum absolute atomic E-state index is 10.3. The summed E-state index contributed by atoms with van der Waals surface area (Å²) in [5, 5.41) is 10.3. The third kappa shape index (κ3) is 2.23. The van der Waals surface area contributed by atoms with Crippen LogP contribution in [0.5, 0.6) is 0 Å². The summed E-state index contributed by atoms with van der Waals surface area (Å²) < 4.78 is 0. The molecular weight excluding hydrogens is 184 g/mol. The lowest BCUT2D eigenvalue weighted by Crippen LogP contribution is -2.13. The Morgan fingerprint density at radius 3 is 2.47 bits per heavy atom. The van der Waals surface area contributed by atoms with Crippen molar-refractivity contribution in [3.8, 4) is 0 Å². The summed E-state index contributed by atoms with van der Waals surface area (Å²) in [5.41, 5.74) is 1.31. The average Bonchev–Trinajstić information content (AvgIpc) is 3.08. The quantitative estimate of drug-likeness (QED) is 0.775. The third-order valence-electron chi connectivity index (χ3n) is 3.62. The lowest BCUT2D eigenvalue weighted by Gasteiger charge is -2.22. The van der Waals surface area contributed by atoms with E-state index in [4.69, 9.17) is 0 Å². The summed E-state index contributed by atoms with van der Waals surface area (Å²) in [7, 11) is 0. The minimum atomic E-state index is -0.245. The molecule has 2 rings (SSSR count). The maximum Gasteiger partial charge on any atom is 0.0846 e. The minimum absolute atomic E-state index is 0.220. The summed E-state index contributed by atoms with van der Waals surface area (Å²) in [6, 6.07) is 10.1. The number of aliphatic hydroxyl groups excluding tert-OH is 1. The van der Waals surface area contributed by atoms with Crippen molar-refractivity contribution in [1.82, 2.24) is 0 Å². The first-order valence-electron chi connectivity index (χ1n) is 6.01. The molecule has 1 unspecified atom stereocenters. The molecule has 1 aromatic carbocycles. The molecule has 1 N–H and O–H groups in total. The van der Waals surface area contributed by atoms with Gasteiger partial charge in [-0.1, -0.05) is 50.1 Å². The second kappa shape index (κ2) is 4.36. The normalized spacial score (nSPS) is 19.9. The lowest BCUT2D eigenvalue weighted by molar-refractivity contribution is 0.0856. The van der Waals surface area contributed by atoms with Crippen molar-refractivity contribution < 1.29 is 5.11 Å². The van der Waals surface area contributed by atoms with Crippen LogP contribution in [0.1, 0.15) is 50.7 Å². The van der Waals surface area contributed by atoms with Crippen molar-refractivity contribution in [2.24, 2.45) is 5.41 Å². The Labute approximate surface area is 92.1 Å². The Balaban J connectivity index is 2.04. The van der Waals surface area contributed by atoms with E-state index in [9.17, 15) is 5.11 Å². The number of hydrogen-bond acceptors (Lipinski definition) is 1. The van der Waals surface area contributed by atoms with E-state index in [0.717, 1.165) is 5.56 Å². The Hall–Kier alpha value is -0.820. The molecule has 0 aromatic heterocycles. The van der Waals surface area contributed by atoms with Crippen molar-refractivity contribution in [3.63, 3.8) is 0 Å². The van der Waals surface area contributed by atoms with Crippen LogP contribution in [-0.2, 0) is 0 Å². The fourth-order valence-electron chi connectivity index (χ4n) is 2.34. The molecule has 1 saturated carbocycles. The summed E-state index contributed by atoms with van der Waals surface area (Å²) >= 11 is 0. The topological polar surface area (TPSA) is 20.2 Å². The molecule has 82 valence electrons. The number of rotatable bonds is 5. The first-order valence-corrected chi connectivity index (χ1v) is 6.01. The minimum Gasteiger partial charge on any atom is -0.388 e. The molecule has 1 fully saturated rings. The predicted molar refractivity (Wildman–Crippen MR) is 62.6 cm³/mol. The second-order valence-electron chi connectivity index (χ2n) is 4.78. The van der Waals surface area contributed by atoms with Crippen LogP contribution in [0.4, 0.5) is 0 Å². The van der Waals surface area contributed by atoms with Crippen molar-refractivity contribution in [2.75, 3.05) is 0 Å². The van der Waals surface area contributed by atoms with Gasteiger partial charge in [0.2, 0.25) is 0 Å². The van der Waals surface area contributed by atoms with E-state index < -0.39 is 0 Å². The first kappa shape index (κ1) is 10.7. The Morgan fingerprint density at radius 1 is 1.27 bits per heavy atom. The van der Waals surface area contributed by atoms with Crippen LogP contribution in [0.3, 0.4) is 0 Å². The molecule has 0 aliphatic heterocycles. The van der Waals surface area contributed by atoms with Crippen molar-refractivity contribution in [3.05, 3.63) is 35.9 Å². The van der Waals surface area contributed by atoms with Gasteiger partial charge in [-0.3, -0.25) is 0 Å². The Morgan fingerprint density at radius 2 is 1.93 bits per heavy atom. The largest absolute Gasteiger partial charge is 0.388 e. The molecule has 0 amide bonds. The van der Waals surface area contributed by atoms with Gasteiger partial charge in [-0.2, -0.15) is 0 Å². The Bertz CT molecular complexity index is 300. The van der Waals surface area contributed by atoms with Crippen LogP contribution in [0, 0.1) is 5.41 Å². The molecule has 1 aromatic rings. The summed E-state index contributed by atoms with van der Waals surface area (Å²) in [5.74, 6) is 0. The predicted octanol–water partition coefficient (Wildman–Crippen LogP) is 3.69. The fraction of sp³-hybridized carbons (Fsp3) is 0.571. The van der Waals surface area contributed by atoms with E-state index in [-0.39, 0.29) is 11.5 Å². The molecule has 1 aliphatic rings. The molecular formula is C14H20O. The second-order valence-corrected chi connectivity index (χ2v) is 4.78. The monoisotopic (exact) mass is 204 g/mol. The van der Waals surface area contributed by atoms with E-state index in [2.05, 4.69) is 6.92 Å².